The fourth-order valence-electron chi connectivity index (χ4n) is 3.24. The molecule has 0 atom stereocenters. The summed E-state index contributed by atoms with van der Waals surface area (Å²) in [6, 6.07) is 23.6. The van der Waals surface area contributed by atoms with E-state index in [4.69, 9.17) is 4.74 Å². The van der Waals surface area contributed by atoms with Gasteiger partial charge in [-0.15, -0.1) is 0 Å². The Balaban J connectivity index is 1.62. The zero-order chi connectivity index (χ0) is 20.9. The maximum Gasteiger partial charge on any atom is 0.258 e. The van der Waals surface area contributed by atoms with Crippen molar-refractivity contribution in [2.45, 2.75) is 13.5 Å². The number of nitrogens with zero attached hydrogens (tertiary/aromatic N) is 2. The van der Waals surface area contributed by atoms with Gasteiger partial charge in [0.05, 0.1) is 23.0 Å². The van der Waals surface area contributed by atoms with Crippen molar-refractivity contribution in [3.63, 3.8) is 0 Å². The van der Waals surface area contributed by atoms with E-state index in [9.17, 15) is 9.59 Å². The molecule has 1 heterocycles. The number of ether oxygens (including phenoxy) is 1. The molecule has 150 valence electrons. The molecule has 3 aromatic carbocycles. The van der Waals surface area contributed by atoms with Gasteiger partial charge < -0.3 is 14.6 Å². The monoisotopic (exact) mass is 399 g/mol. The minimum absolute atomic E-state index is 0.190. The Morgan fingerprint density at radius 1 is 0.967 bits per heavy atom. The number of benzene rings is 3. The molecule has 0 bridgehead atoms. The molecule has 6 heteroatoms. The number of rotatable bonds is 6. The van der Waals surface area contributed by atoms with Crippen molar-refractivity contribution in [2.75, 3.05) is 6.54 Å². The van der Waals surface area contributed by atoms with Crippen molar-refractivity contribution < 1.29 is 9.53 Å². The van der Waals surface area contributed by atoms with Crippen molar-refractivity contribution in [3.05, 3.63) is 101 Å². The van der Waals surface area contributed by atoms with E-state index < -0.39 is 0 Å². The molecule has 1 N–H and O–H groups in total. The molecule has 1 aromatic heterocycles. The lowest BCUT2D eigenvalue weighted by atomic mass is 10.1. The Morgan fingerprint density at radius 2 is 1.67 bits per heavy atom. The molecule has 0 spiro atoms. The van der Waals surface area contributed by atoms with E-state index in [2.05, 4.69) is 9.97 Å². The third kappa shape index (κ3) is 4.07. The van der Waals surface area contributed by atoms with E-state index >= 15 is 0 Å². The first-order chi connectivity index (χ1) is 14.7. The van der Waals surface area contributed by atoms with Gasteiger partial charge in [0.2, 0.25) is 0 Å². The molecule has 0 unspecified atom stereocenters. The molecular weight excluding hydrogens is 378 g/mol. The van der Waals surface area contributed by atoms with Crippen LogP contribution in [0.1, 0.15) is 23.1 Å². The van der Waals surface area contributed by atoms with Gasteiger partial charge in [-0.2, -0.15) is 0 Å². The van der Waals surface area contributed by atoms with Crippen LogP contribution in [0.5, 0.6) is 11.5 Å². The normalized spacial score (nSPS) is 10.7. The van der Waals surface area contributed by atoms with E-state index in [1.165, 1.54) is 0 Å². The summed E-state index contributed by atoms with van der Waals surface area (Å²) < 4.78 is 5.93. The van der Waals surface area contributed by atoms with E-state index in [-0.39, 0.29) is 18.0 Å². The van der Waals surface area contributed by atoms with Crippen LogP contribution in [0, 0.1) is 0 Å². The number of aromatic amines is 1. The van der Waals surface area contributed by atoms with Gasteiger partial charge in [-0.05, 0) is 43.3 Å². The second-order valence-corrected chi connectivity index (χ2v) is 6.76. The number of amides is 1. The summed E-state index contributed by atoms with van der Waals surface area (Å²) in [6.07, 6.45) is 0. The Labute approximate surface area is 173 Å². The zero-order valence-corrected chi connectivity index (χ0v) is 16.5. The van der Waals surface area contributed by atoms with Crippen molar-refractivity contribution in [3.8, 4) is 11.5 Å². The summed E-state index contributed by atoms with van der Waals surface area (Å²) in [5, 5.41) is 0.525. The Hall–Kier alpha value is -3.93. The summed E-state index contributed by atoms with van der Waals surface area (Å²) in [4.78, 5) is 34.5. The molecule has 4 rings (SSSR count). The lowest BCUT2D eigenvalue weighted by molar-refractivity contribution is 0.0746. The molecule has 0 aliphatic rings. The lowest BCUT2D eigenvalue weighted by Gasteiger charge is -2.22. The van der Waals surface area contributed by atoms with Gasteiger partial charge in [0, 0.05) is 6.54 Å². The Morgan fingerprint density at radius 3 is 2.47 bits per heavy atom. The summed E-state index contributed by atoms with van der Waals surface area (Å²) in [6.45, 7) is 2.53. The number of H-pyrrole nitrogens is 1. The number of carbonyl (C=O) groups excluding carboxylic acids is 1. The fourth-order valence-corrected chi connectivity index (χ4v) is 3.24. The second-order valence-electron chi connectivity index (χ2n) is 6.76. The first-order valence-electron chi connectivity index (χ1n) is 9.75. The van der Waals surface area contributed by atoms with E-state index in [1.54, 1.807) is 41.3 Å². The maximum atomic E-state index is 13.3. The summed E-state index contributed by atoms with van der Waals surface area (Å²) in [5.74, 6) is 1.38. The van der Waals surface area contributed by atoms with Crippen LogP contribution in [0.2, 0.25) is 0 Å². The number of para-hydroxylation sites is 3. The van der Waals surface area contributed by atoms with Gasteiger partial charge in [-0.1, -0.05) is 42.5 Å². The summed E-state index contributed by atoms with van der Waals surface area (Å²) >= 11 is 0. The van der Waals surface area contributed by atoms with Crippen LogP contribution in [0.4, 0.5) is 0 Å². The molecule has 0 saturated carbocycles. The lowest BCUT2D eigenvalue weighted by Crippen LogP contribution is -2.32. The van der Waals surface area contributed by atoms with Gasteiger partial charge in [-0.25, -0.2) is 4.98 Å². The van der Waals surface area contributed by atoms with Gasteiger partial charge >= 0.3 is 0 Å². The maximum absolute atomic E-state index is 13.3. The first kappa shape index (κ1) is 19.4. The van der Waals surface area contributed by atoms with E-state index in [0.29, 0.717) is 40.3 Å². The zero-order valence-electron chi connectivity index (χ0n) is 16.5. The van der Waals surface area contributed by atoms with Gasteiger partial charge in [0.15, 0.2) is 0 Å². The van der Waals surface area contributed by atoms with Crippen molar-refractivity contribution in [1.29, 1.82) is 0 Å². The SMILES string of the molecule is CCN(Cc1nc2ccccc2c(=O)[nH]1)C(=O)c1ccccc1Oc1ccccc1. The van der Waals surface area contributed by atoms with Gasteiger partial charge in [0.25, 0.3) is 11.5 Å². The first-order valence-corrected chi connectivity index (χ1v) is 9.75. The van der Waals surface area contributed by atoms with Crippen LogP contribution >= 0.6 is 0 Å². The van der Waals surface area contributed by atoms with Crippen LogP contribution in [0.25, 0.3) is 10.9 Å². The standard InChI is InChI=1S/C24H21N3O3/c1-2-27(16-22-25-20-14-8-6-12-18(20)23(28)26-22)24(29)19-13-7-9-15-21(19)30-17-10-4-3-5-11-17/h3-15H,2,16H2,1H3,(H,25,26,28). The van der Waals surface area contributed by atoms with Crippen LogP contribution in [0.15, 0.2) is 83.7 Å². The smallest absolute Gasteiger partial charge is 0.258 e. The van der Waals surface area contributed by atoms with Crippen molar-refractivity contribution in [2.24, 2.45) is 0 Å². The highest BCUT2D eigenvalue weighted by Gasteiger charge is 2.20. The molecule has 0 saturated heterocycles. The molecular formula is C24H21N3O3. The fraction of sp³-hybridized carbons (Fsp3) is 0.125. The van der Waals surface area contributed by atoms with Crippen molar-refractivity contribution >= 4 is 16.8 Å². The number of carbonyl (C=O) groups is 1. The predicted molar refractivity (Wildman–Crippen MR) is 116 cm³/mol. The van der Waals surface area contributed by atoms with E-state index in [1.807, 2.05) is 49.4 Å². The number of hydrogen-bond donors (Lipinski definition) is 1. The Bertz CT molecular complexity index is 1240. The van der Waals surface area contributed by atoms with E-state index in [0.717, 1.165) is 0 Å². The molecule has 4 aromatic rings. The molecule has 1 amide bonds. The second kappa shape index (κ2) is 8.61. The topological polar surface area (TPSA) is 75.3 Å². The number of nitrogens with one attached hydrogen (secondary N) is 1. The van der Waals surface area contributed by atoms with Gasteiger partial charge in [-0.3, -0.25) is 9.59 Å². The highest BCUT2D eigenvalue weighted by atomic mass is 16.5. The van der Waals surface area contributed by atoms with Crippen LogP contribution in [-0.2, 0) is 6.54 Å². The minimum Gasteiger partial charge on any atom is -0.457 e. The predicted octanol–water partition coefficient (Wildman–Crippen LogP) is 4.38. The quantitative estimate of drug-likeness (QED) is 0.522. The molecule has 6 nitrogen and oxygen atoms in total. The summed E-state index contributed by atoms with van der Waals surface area (Å²) in [5.41, 5.74) is 0.839. The molecule has 0 aliphatic carbocycles. The third-order valence-corrected chi connectivity index (χ3v) is 4.76. The molecule has 0 fully saturated rings. The molecule has 30 heavy (non-hydrogen) atoms. The van der Waals surface area contributed by atoms with Crippen LogP contribution in [0.3, 0.4) is 0 Å². The van der Waals surface area contributed by atoms with Crippen molar-refractivity contribution in [1.82, 2.24) is 14.9 Å². The molecule has 0 radical (unpaired) electrons. The average Bonchev–Trinajstić information content (AvgIpc) is 2.78. The highest BCUT2D eigenvalue weighted by Crippen LogP contribution is 2.26. The summed E-state index contributed by atoms with van der Waals surface area (Å²) in [7, 11) is 0. The number of aromatic nitrogens is 2. The molecule has 0 aliphatic heterocycles. The highest BCUT2D eigenvalue weighted by molar-refractivity contribution is 5.97. The average molecular weight is 399 g/mol. The Kier molecular flexibility index (Phi) is 5.57. The third-order valence-electron chi connectivity index (χ3n) is 4.76. The van der Waals surface area contributed by atoms with Crippen LogP contribution < -0.4 is 10.3 Å². The number of fused-ring (bicyclic) bond motifs is 1. The van der Waals surface area contributed by atoms with Crippen LogP contribution in [-0.4, -0.2) is 27.3 Å². The van der Waals surface area contributed by atoms with Gasteiger partial charge in [0.1, 0.15) is 17.3 Å². The largest absolute Gasteiger partial charge is 0.457 e. The number of hydrogen-bond acceptors (Lipinski definition) is 4. The minimum atomic E-state index is -0.216.